The number of fused-ring (bicyclic) bond motifs is 1. The van der Waals surface area contributed by atoms with Gasteiger partial charge in [0.1, 0.15) is 5.82 Å². The number of carbonyl (C=O) groups is 1. The van der Waals surface area contributed by atoms with Crippen molar-refractivity contribution in [1.82, 2.24) is 15.6 Å². The zero-order valence-corrected chi connectivity index (χ0v) is 22.1. The van der Waals surface area contributed by atoms with E-state index in [2.05, 4.69) is 102 Å². The van der Waals surface area contributed by atoms with Gasteiger partial charge in [-0.2, -0.15) is 0 Å². The van der Waals surface area contributed by atoms with Crippen LogP contribution in [0, 0.1) is 17.8 Å². The van der Waals surface area contributed by atoms with Crippen molar-refractivity contribution in [2.24, 2.45) is 17.8 Å². The van der Waals surface area contributed by atoms with Crippen molar-refractivity contribution in [1.29, 1.82) is 0 Å². The molecule has 0 spiro atoms. The van der Waals surface area contributed by atoms with Crippen LogP contribution >= 0.6 is 0 Å². The van der Waals surface area contributed by atoms with Crippen LogP contribution < -0.4 is 16.0 Å². The Morgan fingerprint density at radius 3 is 2.89 bits per heavy atom. The summed E-state index contributed by atoms with van der Waals surface area (Å²) in [5.74, 6) is 1.86. The van der Waals surface area contributed by atoms with Gasteiger partial charge in [0.15, 0.2) is 0 Å². The Bertz CT molecular complexity index is 1270. The first-order chi connectivity index (χ1) is 18.0. The van der Waals surface area contributed by atoms with Crippen molar-refractivity contribution < 1.29 is 4.79 Å². The van der Waals surface area contributed by atoms with Crippen LogP contribution in [0.4, 0.5) is 5.82 Å². The average molecular weight is 495 g/mol. The smallest absolute Gasteiger partial charge is 0.224 e. The molecule has 3 N–H and O–H groups in total. The van der Waals surface area contributed by atoms with Gasteiger partial charge in [-0.15, -0.1) is 0 Å². The molecule has 0 bridgehead atoms. The minimum absolute atomic E-state index is 0.0802. The molecule has 0 saturated heterocycles. The largest absolute Gasteiger partial charge is 0.384 e. The van der Waals surface area contributed by atoms with Gasteiger partial charge >= 0.3 is 0 Å². The summed E-state index contributed by atoms with van der Waals surface area (Å²) in [5.41, 5.74) is 7.58. The zero-order chi connectivity index (χ0) is 25.8. The molecule has 0 saturated carbocycles. The quantitative estimate of drug-likeness (QED) is 0.452. The molecule has 37 heavy (non-hydrogen) atoms. The second kappa shape index (κ2) is 11.2. The second-order valence-corrected chi connectivity index (χ2v) is 10.6. The number of hydrogen-bond acceptors (Lipinski definition) is 4. The molecule has 4 atom stereocenters. The van der Waals surface area contributed by atoms with E-state index in [1.807, 2.05) is 12.3 Å². The van der Waals surface area contributed by atoms with Gasteiger partial charge in [-0.1, -0.05) is 72.7 Å². The summed E-state index contributed by atoms with van der Waals surface area (Å²) in [5, 5.41) is 10.3. The van der Waals surface area contributed by atoms with E-state index in [0.717, 1.165) is 37.4 Å². The lowest BCUT2D eigenvalue weighted by molar-refractivity contribution is -0.126. The van der Waals surface area contributed by atoms with Crippen molar-refractivity contribution in [3.63, 3.8) is 0 Å². The Morgan fingerprint density at radius 1 is 1.14 bits per heavy atom. The summed E-state index contributed by atoms with van der Waals surface area (Å²) >= 11 is 0. The topological polar surface area (TPSA) is 66.1 Å². The highest BCUT2D eigenvalue weighted by Gasteiger charge is 2.28. The summed E-state index contributed by atoms with van der Waals surface area (Å²) in [6.45, 7) is 8.76. The molecule has 2 heterocycles. The van der Waals surface area contributed by atoms with Crippen molar-refractivity contribution in [2.75, 3.05) is 18.4 Å². The van der Waals surface area contributed by atoms with Crippen molar-refractivity contribution in [2.45, 2.75) is 46.1 Å². The van der Waals surface area contributed by atoms with Gasteiger partial charge in [0.2, 0.25) is 5.91 Å². The molecule has 3 aliphatic rings. The van der Waals surface area contributed by atoms with Gasteiger partial charge in [0, 0.05) is 54.8 Å². The second-order valence-electron chi connectivity index (χ2n) is 10.6. The number of allylic oxidation sites excluding steroid dienone is 7. The maximum Gasteiger partial charge on any atom is 0.224 e. The van der Waals surface area contributed by atoms with Crippen LogP contribution in [0.1, 0.15) is 56.2 Å². The number of amides is 1. The molecule has 192 valence electrons. The summed E-state index contributed by atoms with van der Waals surface area (Å²) in [6, 6.07) is 13.0. The van der Waals surface area contributed by atoms with Crippen LogP contribution in [0.25, 0.3) is 0 Å². The highest BCUT2D eigenvalue weighted by atomic mass is 16.1. The van der Waals surface area contributed by atoms with E-state index in [-0.39, 0.29) is 17.7 Å². The number of pyridine rings is 1. The summed E-state index contributed by atoms with van der Waals surface area (Å²) in [7, 11) is 0. The molecule has 5 nitrogen and oxygen atoms in total. The van der Waals surface area contributed by atoms with E-state index in [1.54, 1.807) is 0 Å². The van der Waals surface area contributed by atoms with Crippen LogP contribution in [0.15, 0.2) is 89.8 Å². The lowest BCUT2D eigenvalue weighted by Gasteiger charge is -2.26. The van der Waals surface area contributed by atoms with Crippen molar-refractivity contribution in [3.8, 4) is 0 Å². The van der Waals surface area contributed by atoms with Crippen molar-refractivity contribution >= 4 is 11.7 Å². The predicted octanol–water partition coefficient (Wildman–Crippen LogP) is 5.85. The Labute approximate surface area is 220 Å². The SMILES string of the molecule is CC1=CC[C@H](CNC(=O)C2CC=CC=C(NCc3cccc(C4CNc5ncccc54)c3)[C@@H]2C)C=C1C. The van der Waals surface area contributed by atoms with Gasteiger partial charge < -0.3 is 16.0 Å². The average Bonchev–Trinajstić information content (AvgIpc) is 3.26. The maximum atomic E-state index is 13.2. The molecule has 5 rings (SSSR count). The van der Waals surface area contributed by atoms with Crippen molar-refractivity contribution in [3.05, 3.63) is 107 Å². The fraction of sp³-hybridized carbons (Fsp3) is 0.375. The number of anilines is 1. The molecule has 0 fully saturated rings. The summed E-state index contributed by atoms with van der Waals surface area (Å²) in [6.07, 6.45) is 14.5. The lowest BCUT2D eigenvalue weighted by Crippen LogP contribution is -2.38. The van der Waals surface area contributed by atoms with Gasteiger partial charge in [-0.05, 0) is 55.9 Å². The fourth-order valence-electron chi connectivity index (χ4n) is 5.65. The highest BCUT2D eigenvalue weighted by molar-refractivity contribution is 5.79. The third-order valence-electron chi connectivity index (χ3n) is 8.14. The van der Waals surface area contributed by atoms with E-state index < -0.39 is 0 Å². The molecule has 2 unspecified atom stereocenters. The molecule has 1 amide bonds. The minimum atomic E-state index is -0.0802. The number of aromatic nitrogens is 1. The van der Waals surface area contributed by atoms with Gasteiger partial charge in [-0.25, -0.2) is 4.98 Å². The number of benzene rings is 1. The third kappa shape index (κ3) is 5.71. The number of rotatable bonds is 7. The van der Waals surface area contributed by atoms with E-state index in [9.17, 15) is 4.79 Å². The Morgan fingerprint density at radius 2 is 2.03 bits per heavy atom. The lowest BCUT2D eigenvalue weighted by atomic mass is 9.87. The van der Waals surface area contributed by atoms with E-state index in [0.29, 0.717) is 18.4 Å². The van der Waals surface area contributed by atoms with Crippen LogP contribution in [-0.4, -0.2) is 24.0 Å². The Hall–Kier alpha value is -3.60. The number of nitrogens with zero attached hydrogens (tertiary/aromatic N) is 1. The van der Waals surface area contributed by atoms with E-state index in [4.69, 9.17) is 0 Å². The fourth-order valence-corrected chi connectivity index (χ4v) is 5.65. The zero-order valence-electron chi connectivity index (χ0n) is 22.1. The third-order valence-corrected chi connectivity index (χ3v) is 8.14. The summed E-state index contributed by atoms with van der Waals surface area (Å²) < 4.78 is 0. The van der Waals surface area contributed by atoms with Crippen LogP contribution in [-0.2, 0) is 11.3 Å². The predicted molar refractivity (Wildman–Crippen MR) is 151 cm³/mol. The van der Waals surface area contributed by atoms with E-state index in [1.165, 1.54) is 27.8 Å². The highest BCUT2D eigenvalue weighted by Crippen LogP contribution is 2.35. The van der Waals surface area contributed by atoms with Gasteiger partial charge in [0.05, 0.1) is 0 Å². The van der Waals surface area contributed by atoms with E-state index >= 15 is 0 Å². The molecule has 0 radical (unpaired) electrons. The van der Waals surface area contributed by atoms with Crippen LogP contribution in [0.2, 0.25) is 0 Å². The maximum absolute atomic E-state index is 13.2. The van der Waals surface area contributed by atoms with Crippen LogP contribution in [0.3, 0.4) is 0 Å². The Balaban J connectivity index is 1.20. The Kier molecular flexibility index (Phi) is 7.59. The molecular weight excluding hydrogens is 456 g/mol. The first kappa shape index (κ1) is 25.1. The monoisotopic (exact) mass is 494 g/mol. The molecule has 1 aromatic heterocycles. The van der Waals surface area contributed by atoms with Crippen LogP contribution in [0.5, 0.6) is 0 Å². The minimum Gasteiger partial charge on any atom is -0.384 e. The number of hydrogen-bond donors (Lipinski definition) is 3. The molecule has 1 aliphatic heterocycles. The first-order valence-corrected chi connectivity index (χ1v) is 13.5. The molecule has 2 aromatic rings. The van der Waals surface area contributed by atoms with Gasteiger partial charge in [0.25, 0.3) is 0 Å². The normalized spacial score (nSPS) is 24.7. The molecule has 1 aromatic carbocycles. The molecule has 2 aliphatic carbocycles. The first-order valence-electron chi connectivity index (χ1n) is 13.5. The standard InChI is InChI=1S/C32H38N4O/c1-21-13-14-25(16-22(21)2)19-36-32(37)27-10-4-5-12-30(23(27)3)34-18-24-8-6-9-26(17-24)29-20-35-31-28(29)11-7-15-33-31/h4-9,11-13,15-17,23,25,27,29,34H,10,14,18-20H2,1-3H3,(H,33,35)(H,36,37)/t23-,25+,27?,29?/m1/s1. The molecular formula is C32H38N4O. The number of nitrogens with one attached hydrogen (secondary N) is 3. The summed E-state index contributed by atoms with van der Waals surface area (Å²) in [4.78, 5) is 17.7. The van der Waals surface area contributed by atoms with Gasteiger partial charge in [-0.3, -0.25) is 4.79 Å². The molecule has 5 heteroatoms. The number of carbonyl (C=O) groups excluding carboxylic acids is 1.